The van der Waals surface area contributed by atoms with E-state index in [9.17, 15) is 9.90 Å². The number of benzene rings is 1. The Kier molecular flexibility index (Phi) is 4.78. The lowest BCUT2D eigenvalue weighted by Gasteiger charge is -2.11. The predicted octanol–water partition coefficient (Wildman–Crippen LogP) is 2.29. The van der Waals surface area contributed by atoms with Crippen molar-refractivity contribution in [3.8, 4) is 0 Å². The molecule has 2 atom stereocenters. The molecule has 0 unspecified atom stereocenters. The second-order valence-corrected chi connectivity index (χ2v) is 3.60. The summed E-state index contributed by atoms with van der Waals surface area (Å²) in [5, 5.41) is 9.51. The lowest BCUT2D eigenvalue weighted by Crippen LogP contribution is -2.15. The van der Waals surface area contributed by atoms with Crippen molar-refractivity contribution in [1.29, 1.82) is 0 Å². The molecular formula is C13H16O2. The highest BCUT2D eigenvalue weighted by Crippen LogP contribution is 2.10. The van der Waals surface area contributed by atoms with Crippen LogP contribution in [0.4, 0.5) is 0 Å². The molecule has 2 nitrogen and oxygen atoms in total. The third-order valence-electron chi connectivity index (χ3n) is 2.34. The van der Waals surface area contributed by atoms with Crippen molar-refractivity contribution < 1.29 is 9.90 Å². The van der Waals surface area contributed by atoms with Gasteiger partial charge in [0.2, 0.25) is 0 Å². The van der Waals surface area contributed by atoms with Crippen LogP contribution in [0.5, 0.6) is 0 Å². The molecule has 0 heterocycles. The number of aliphatic hydroxyl groups excluding tert-OH is 1. The number of hydrogen-bond acceptors (Lipinski definition) is 2. The molecule has 0 spiro atoms. The maximum absolute atomic E-state index is 10.2. The van der Waals surface area contributed by atoms with E-state index in [2.05, 4.69) is 0 Å². The van der Waals surface area contributed by atoms with Crippen LogP contribution < -0.4 is 0 Å². The maximum Gasteiger partial charge on any atom is 0.122 e. The Hall–Kier alpha value is -1.41. The molecule has 0 aliphatic rings. The summed E-state index contributed by atoms with van der Waals surface area (Å²) >= 11 is 0. The minimum absolute atomic E-state index is 0.00425. The molecule has 0 saturated carbocycles. The molecule has 0 fully saturated rings. The summed E-state index contributed by atoms with van der Waals surface area (Å²) in [5.74, 6) is -0.00425. The molecule has 0 aliphatic heterocycles. The molecule has 1 aromatic carbocycles. The van der Waals surface area contributed by atoms with Crippen molar-refractivity contribution in [1.82, 2.24) is 0 Å². The third kappa shape index (κ3) is 4.09. The molecule has 0 saturated heterocycles. The fourth-order valence-corrected chi connectivity index (χ4v) is 1.27. The average molecular weight is 204 g/mol. The Morgan fingerprint density at radius 2 is 2.00 bits per heavy atom. The van der Waals surface area contributed by atoms with Crippen LogP contribution in [0.15, 0.2) is 36.4 Å². The van der Waals surface area contributed by atoms with Crippen LogP contribution >= 0.6 is 0 Å². The molecule has 1 aromatic rings. The van der Waals surface area contributed by atoms with E-state index in [-0.39, 0.29) is 12.3 Å². The lowest BCUT2D eigenvalue weighted by molar-refractivity contribution is -0.109. The Bertz CT molecular complexity index is 317. The Morgan fingerprint density at radius 3 is 2.60 bits per heavy atom. The predicted molar refractivity (Wildman–Crippen MR) is 61.3 cm³/mol. The molecule has 15 heavy (non-hydrogen) atoms. The first kappa shape index (κ1) is 11.7. The van der Waals surface area contributed by atoms with Gasteiger partial charge in [-0.25, -0.2) is 0 Å². The third-order valence-corrected chi connectivity index (χ3v) is 2.34. The first-order valence-corrected chi connectivity index (χ1v) is 5.09. The zero-order valence-corrected chi connectivity index (χ0v) is 8.84. The second-order valence-electron chi connectivity index (χ2n) is 3.60. The van der Waals surface area contributed by atoms with E-state index < -0.39 is 6.10 Å². The fraction of sp³-hybridized carbons (Fsp3) is 0.308. The molecule has 0 aromatic heterocycles. The second kappa shape index (κ2) is 6.14. The van der Waals surface area contributed by atoms with Crippen LogP contribution in [0.25, 0.3) is 6.08 Å². The minimum atomic E-state index is -0.581. The Balaban J connectivity index is 2.54. The largest absolute Gasteiger partial charge is 0.392 e. The molecule has 1 N–H and O–H groups in total. The van der Waals surface area contributed by atoms with Gasteiger partial charge in [0.15, 0.2) is 0 Å². The van der Waals surface area contributed by atoms with Crippen LogP contribution in [0, 0.1) is 5.92 Å². The molecule has 0 radical (unpaired) electrons. The van der Waals surface area contributed by atoms with Crippen molar-refractivity contribution in [3.63, 3.8) is 0 Å². The van der Waals surface area contributed by atoms with Gasteiger partial charge in [0.1, 0.15) is 6.29 Å². The van der Waals surface area contributed by atoms with Gasteiger partial charge in [-0.1, -0.05) is 49.4 Å². The van der Waals surface area contributed by atoms with Crippen molar-refractivity contribution in [2.45, 2.75) is 19.4 Å². The van der Waals surface area contributed by atoms with Crippen molar-refractivity contribution in [3.05, 3.63) is 42.0 Å². The first-order chi connectivity index (χ1) is 7.24. The summed E-state index contributed by atoms with van der Waals surface area (Å²) in [7, 11) is 0. The quantitative estimate of drug-likeness (QED) is 0.747. The van der Waals surface area contributed by atoms with Gasteiger partial charge >= 0.3 is 0 Å². The average Bonchev–Trinajstić information content (AvgIpc) is 2.27. The van der Waals surface area contributed by atoms with E-state index in [4.69, 9.17) is 0 Å². The van der Waals surface area contributed by atoms with Crippen LogP contribution in [-0.2, 0) is 4.79 Å². The van der Waals surface area contributed by atoms with Gasteiger partial charge in [0, 0.05) is 12.3 Å². The van der Waals surface area contributed by atoms with E-state index in [0.717, 1.165) is 11.8 Å². The SMILES string of the molecule is C[C@H](/C=C/c1ccccc1)[C@@H](O)CC=O. The van der Waals surface area contributed by atoms with Gasteiger partial charge < -0.3 is 9.90 Å². The smallest absolute Gasteiger partial charge is 0.122 e. The van der Waals surface area contributed by atoms with Gasteiger partial charge in [0.05, 0.1) is 6.10 Å². The number of hydrogen-bond donors (Lipinski definition) is 1. The van der Waals surface area contributed by atoms with E-state index in [0.29, 0.717) is 0 Å². The summed E-state index contributed by atoms with van der Waals surface area (Å²) < 4.78 is 0. The first-order valence-electron chi connectivity index (χ1n) is 5.09. The number of carbonyl (C=O) groups excluding carboxylic acids is 1. The van der Waals surface area contributed by atoms with Gasteiger partial charge in [0.25, 0.3) is 0 Å². The number of aliphatic hydroxyl groups is 1. The van der Waals surface area contributed by atoms with Crippen LogP contribution in [-0.4, -0.2) is 17.5 Å². The number of carbonyl (C=O) groups is 1. The zero-order valence-electron chi connectivity index (χ0n) is 8.84. The maximum atomic E-state index is 10.2. The van der Waals surface area contributed by atoms with Gasteiger partial charge in [-0.2, -0.15) is 0 Å². The number of aldehydes is 1. The summed E-state index contributed by atoms with van der Waals surface area (Å²) in [6.07, 6.45) is 4.24. The molecule has 80 valence electrons. The van der Waals surface area contributed by atoms with Gasteiger partial charge in [-0.15, -0.1) is 0 Å². The van der Waals surface area contributed by atoms with Crippen molar-refractivity contribution in [2.24, 2.45) is 5.92 Å². The molecule has 2 heteroatoms. The molecule has 0 bridgehead atoms. The standard InChI is InChI=1S/C13H16O2/c1-11(13(15)9-10-14)7-8-12-5-3-2-4-6-12/h2-8,10-11,13,15H,9H2,1H3/b8-7+/t11-,13+/m1/s1. The van der Waals surface area contributed by atoms with E-state index in [1.54, 1.807) is 0 Å². The van der Waals surface area contributed by atoms with Gasteiger partial charge in [-0.05, 0) is 5.56 Å². The van der Waals surface area contributed by atoms with Crippen LogP contribution in [0.2, 0.25) is 0 Å². The Labute approximate surface area is 90.3 Å². The zero-order chi connectivity index (χ0) is 11.1. The van der Waals surface area contributed by atoms with Gasteiger partial charge in [-0.3, -0.25) is 0 Å². The highest BCUT2D eigenvalue weighted by molar-refractivity contribution is 5.51. The lowest BCUT2D eigenvalue weighted by atomic mass is 10.0. The summed E-state index contributed by atoms with van der Waals surface area (Å²) in [6, 6.07) is 9.88. The van der Waals surface area contributed by atoms with E-state index in [1.165, 1.54) is 0 Å². The molecule has 1 rings (SSSR count). The molecule has 0 amide bonds. The topological polar surface area (TPSA) is 37.3 Å². The highest BCUT2D eigenvalue weighted by atomic mass is 16.3. The normalized spacial score (nSPS) is 15.1. The summed E-state index contributed by atoms with van der Waals surface area (Å²) in [5.41, 5.74) is 1.10. The van der Waals surface area contributed by atoms with Crippen molar-refractivity contribution >= 4 is 12.4 Å². The van der Waals surface area contributed by atoms with E-state index >= 15 is 0 Å². The highest BCUT2D eigenvalue weighted by Gasteiger charge is 2.09. The fourth-order valence-electron chi connectivity index (χ4n) is 1.27. The Morgan fingerprint density at radius 1 is 1.33 bits per heavy atom. The number of rotatable bonds is 5. The van der Waals surface area contributed by atoms with Crippen LogP contribution in [0.3, 0.4) is 0 Å². The molecular weight excluding hydrogens is 188 g/mol. The van der Waals surface area contributed by atoms with E-state index in [1.807, 2.05) is 49.4 Å². The minimum Gasteiger partial charge on any atom is -0.392 e. The summed E-state index contributed by atoms with van der Waals surface area (Å²) in [4.78, 5) is 10.2. The van der Waals surface area contributed by atoms with Crippen molar-refractivity contribution in [2.75, 3.05) is 0 Å². The monoisotopic (exact) mass is 204 g/mol. The van der Waals surface area contributed by atoms with Crippen LogP contribution in [0.1, 0.15) is 18.9 Å². The molecule has 0 aliphatic carbocycles. The summed E-state index contributed by atoms with van der Waals surface area (Å²) in [6.45, 7) is 1.90.